The van der Waals surface area contributed by atoms with Gasteiger partial charge in [0.1, 0.15) is 5.82 Å². The van der Waals surface area contributed by atoms with Gasteiger partial charge < -0.3 is 10.6 Å². The smallest absolute Gasteiger partial charge is 0.253 e. The number of amides is 1. The molecule has 0 aromatic carbocycles. The number of thioether (sulfide) groups is 1. The summed E-state index contributed by atoms with van der Waals surface area (Å²) in [6, 6.07) is 1.80. The van der Waals surface area contributed by atoms with E-state index >= 15 is 0 Å². The van der Waals surface area contributed by atoms with Gasteiger partial charge in [-0.25, -0.2) is 4.98 Å². The van der Waals surface area contributed by atoms with Crippen molar-refractivity contribution in [3.05, 3.63) is 22.8 Å². The highest BCUT2D eigenvalue weighted by Crippen LogP contribution is 2.19. The van der Waals surface area contributed by atoms with Crippen LogP contribution in [0.4, 0.5) is 5.82 Å². The fourth-order valence-electron chi connectivity index (χ4n) is 1.64. The molecule has 1 aromatic rings. The summed E-state index contributed by atoms with van der Waals surface area (Å²) in [4.78, 5) is 16.2. The van der Waals surface area contributed by atoms with Crippen LogP contribution in [0.3, 0.4) is 0 Å². The second-order valence-corrected chi connectivity index (χ2v) is 6.25. The minimum Gasteiger partial charge on any atom is -0.369 e. The largest absolute Gasteiger partial charge is 0.369 e. The molecule has 0 radical (unpaired) electrons. The molecule has 0 fully saturated rings. The van der Waals surface area contributed by atoms with Crippen LogP contribution in [-0.2, 0) is 0 Å². The van der Waals surface area contributed by atoms with Crippen LogP contribution in [0.1, 0.15) is 37.6 Å². The second kappa shape index (κ2) is 9.08. The average Bonchev–Trinajstić information content (AvgIpc) is 2.41. The molecule has 1 atom stereocenters. The molecule has 0 spiro atoms. The second-order valence-electron chi connectivity index (χ2n) is 4.44. The van der Waals surface area contributed by atoms with E-state index in [-0.39, 0.29) is 11.9 Å². The van der Waals surface area contributed by atoms with Gasteiger partial charge in [0, 0.05) is 18.8 Å². The molecule has 1 rings (SSSR count). The van der Waals surface area contributed by atoms with Gasteiger partial charge in [-0.05, 0) is 37.8 Å². The Morgan fingerprint density at radius 1 is 1.50 bits per heavy atom. The Hall–Kier alpha value is -0.940. The molecular weight excluding hydrogens is 294 g/mol. The monoisotopic (exact) mass is 315 g/mol. The van der Waals surface area contributed by atoms with E-state index in [9.17, 15) is 4.79 Å². The van der Waals surface area contributed by atoms with Crippen LogP contribution < -0.4 is 10.6 Å². The van der Waals surface area contributed by atoms with Crippen LogP contribution in [0.5, 0.6) is 0 Å². The van der Waals surface area contributed by atoms with E-state index in [0.717, 1.165) is 24.5 Å². The first-order valence-electron chi connectivity index (χ1n) is 6.86. The first-order valence-corrected chi connectivity index (χ1v) is 8.39. The van der Waals surface area contributed by atoms with Crippen LogP contribution in [0.2, 0.25) is 5.02 Å². The summed E-state index contributed by atoms with van der Waals surface area (Å²) >= 11 is 7.96. The summed E-state index contributed by atoms with van der Waals surface area (Å²) in [5, 5.41) is 6.47. The normalized spacial score (nSPS) is 12.0. The van der Waals surface area contributed by atoms with Crippen molar-refractivity contribution < 1.29 is 4.79 Å². The predicted molar refractivity (Wildman–Crippen MR) is 88.0 cm³/mol. The van der Waals surface area contributed by atoms with E-state index in [1.807, 2.05) is 25.6 Å². The lowest BCUT2D eigenvalue weighted by atomic mass is 10.2. The van der Waals surface area contributed by atoms with Gasteiger partial charge in [0.2, 0.25) is 0 Å². The molecular formula is C14H22ClN3OS. The van der Waals surface area contributed by atoms with Crippen LogP contribution in [0.25, 0.3) is 0 Å². The first kappa shape index (κ1) is 17.1. The van der Waals surface area contributed by atoms with Crippen molar-refractivity contribution in [2.24, 2.45) is 0 Å². The van der Waals surface area contributed by atoms with Gasteiger partial charge >= 0.3 is 0 Å². The number of hydrogen-bond donors (Lipinski definition) is 2. The molecule has 1 heterocycles. The lowest BCUT2D eigenvalue weighted by molar-refractivity contribution is 0.0939. The average molecular weight is 316 g/mol. The summed E-state index contributed by atoms with van der Waals surface area (Å²) in [6.07, 6.45) is 2.51. The Bertz CT molecular complexity index is 442. The summed E-state index contributed by atoms with van der Waals surface area (Å²) in [7, 11) is 0. The zero-order valence-electron chi connectivity index (χ0n) is 12.2. The topological polar surface area (TPSA) is 54.0 Å². The maximum Gasteiger partial charge on any atom is 0.253 e. The molecule has 1 unspecified atom stereocenters. The summed E-state index contributed by atoms with van der Waals surface area (Å²) < 4.78 is 0. The molecule has 0 saturated carbocycles. The highest BCUT2D eigenvalue weighted by atomic mass is 35.5. The highest BCUT2D eigenvalue weighted by molar-refractivity contribution is 7.99. The maximum atomic E-state index is 12.1. The number of hydrogen-bond acceptors (Lipinski definition) is 4. The van der Waals surface area contributed by atoms with E-state index in [4.69, 9.17) is 11.6 Å². The Morgan fingerprint density at radius 3 is 2.85 bits per heavy atom. The van der Waals surface area contributed by atoms with Crippen molar-refractivity contribution in [2.45, 2.75) is 33.2 Å². The number of pyridine rings is 1. The van der Waals surface area contributed by atoms with E-state index in [1.54, 1.807) is 12.3 Å². The number of nitrogens with one attached hydrogen (secondary N) is 2. The third-order valence-corrected chi connectivity index (χ3v) is 3.95. The summed E-state index contributed by atoms with van der Waals surface area (Å²) in [5.74, 6) is 2.64. The van der Waals surface area contributed by atoms with Crippen molar-refractivity contribution >= 4 is 35.1 Å². The molecule has 1 aromatic heterocycles. The van der Waals surface area contributed by atoms with Crippen molar-refractivity contribution in [1.82, 2.24) is 10.3 Å². The van der Waals surface area contributed by atoms with Gasteiger partial charge in [-0.1, -0.05) is 18.5 Å². The van der Waals surface area contributed by atoms with E-state index < -0.39 is 0 Å². The Balaban J connectivity index is 2.57. The van der Waals surface area contributed by atoms with Crippen LogP contribution in [-0.4, -0.2) is 35.0 Å². The SMILES string of the molecule is CCNc1ncc(C(=O)NC(C)CCSCC)cc1Cl. The molecule has 6 heteroatoms. The van der Waals surface area contributed by atoms with Gasteiger partial charge in [0.05, 0.1) is 10.6 Å². The molecule has 0 saturated heterocycles. The third kappa shape index (κ3) is 5.59. The molecule has 0 aliphatic carbocycles. The summed E-state index contributed by atoms with van der Waals surface area (Å²) in [5.41, 5.74) is 0.492. The Morgan fingerprint density at radius 2 is 2.25 bits per heavy atom. The maximum absolute atomic E-state index is 12.1. The van der Waals surface area contributed by atoms with E-state index in [1.165, 1.54) is 0 Å². The number of rotatable bonds is 8. The van der Waals surface area contributed by atoms with Gasteiger partial charge in [-0.3, -0.25) is 4.79 Å². The third-order valence-electron chi connectivity index (χ3n) is 2.72. The van der Waals surface area contributed by atoms with Gasteiger partial charge in [0.25, 0.3) is 5.91 Å². The van der Waals surface area contributed by atoms with Crippen molar-refractivity contribution in [3.8, 4) is 0 Å². The molecule has 1 amide bonds. The van der Waals surface area contributed by atoms with E-state index in [0.29, 0.717) is 16.4 Å². The predicted octanol–water partition coefficient (Wildman–Crippen LogP) is 3.43. The van der Waals surface area contributed by atoms with Crippen molar-refractivity contribution in [1.29, 1.82) is 0 Å². The minimum absolute atomic E-state index is 0.128. The Kier molecular flexibility index (Phi) is 7.77. The minimum atomic E-state index is -0.128. The molecule has 0 aliphatic rings. The molecule has 112 valence electrons. The fourth-order valence-corrected chi connectivity index (χ4v) is 2.69. The van der Waals surface area contributed by atoms with Crippen LogP contribution in [0.15, 0.2) is 12.3 Å². The van der Waals surface area contributed by atoms with Crippen molar-refractivity contribution in [2.75, 3.05) is 23.4 Å². The number of anilines is 1. The lowest BCUT2D eigenvalue weighted by Crippen LogP contribution is -2.33. The van der Waals surface area contributed by atoms with Crippen LogP contribution in [0, 0.1) is 0 Å². The van der Waals surface area contributed by atoms with Crippen LogP contribution >= 0.6 is 23.4 Å². The standard InChI is InChI=1S/C14H22ClN3OS/c1-4-16-13-12(15)8-11(9-17-13)14(19)18-10(3)6-7-20-5-2/h8-10H,4-7H2,1-3H3,(H,16,17)(H,18,19). The van der Waals surface area contributed by atoms with E-state index in [2.05, 4.69) is 22.5 Å². The number of nitrogens with zero attached hydrogens (tertiary/aromatic N) is 1. The zero-order chi connectivity index (χ0) is 15.0. The number of carbonyl (C=O) groups excluding carboxylic acids is 1. The lowest BCUT2D eigenvalue weighted by Gasteiger charge is -2.14. The highest BCUT2D eigenvalue weighted by Gasteiger charge is 2.12. The van der Waals surface area contributed by atoms with Gasteiger partial charge in [-0.15, -0.1) is 0 Å². The van der Waals surface area contributed by atoms with Gasteiger partial charge in [-0.2, -0.15) is 11.8 Å². The Labute approximate surface area is 130 Å². The first-order chi connectivity index (χ1) is 9.58. The molecule has 4 nitrogen and oxygen atoms in total. The molecule has 0 aliphatic heterocycles. The quantitative estimate of drug-likeness (QED) is 0.722. The summed E-state index contributed by atoms with van der Waals surface area (Å²) in [6.45, 7) is 6.85. The fraction of sp³-hybridized carbons (Fsp3) is 0.571. The zero-order valence-corrected chi connectivity index (χ0v) is 13.8. The van der Waals surface area contributed by atoms with Crippen molar-refractivity contribution in [3.63, 3.8) is 0 Å². The number of halogens is 1. The van der Waals surface area contributed by atoms with Gasteiger partial charge in [0.15, 0.2) is 0 Å². The number of aromatic nitrogens is 1. The molecule has 0 bridgehead atoms. The molecule has 2 N–H and O–H groups in total. The molecule has 20 heavy (non-hydrogen) atoms. The number of carbonyl (C=O) groups is 1.